The van der Waals surface area contributed by atoms with E-state index in [0.29, 0.717) is 28.6 Å². The molecule has 0 amide bonds. The number of hydrogen-bond acceptors (Lipinski definition) is 9. The Morgan fingerprint density at radius 3 is 2.46 bits per heavy atom. The van der Waals surface area contributed by atoms with E-state index in [-0.39, 0.29) is 30.1 Å². The standard InChI is InChI=1S/C19H19N3O5S/c1-4-26-18(24)14-10(3)20-13(9-23)16(19(25)27-5-2)15(14)11-7-6-8-12-17(11)22-28-21-12/h6-9,15,20H,4-5H2,1-3H3. The third-order valence-electron chi connectivity index (χ3n) is 4.33. The van der Waals surface area contributed by atoms with Crippen LogP contribution in [0.15, 0.2) is 40.7 Å². The molecule has 0 saturated carbocycles. The van der Waals surface area contributed by atoms with Crippen LogP contribution in [0, 0.1) is 0 Å². The molecule has 146 valence electrons. The van der Waals surface area contributed by atoms with Crippen LogP contribution < -0.4 is 5.32 Å². The van der Waals surface area contributed by atoms with E-state index in [1.54, 1.807) is 39.0 Å². The van der Waals surface area contributed by atoms with E-state index >= 15 is 0 Å². The summed E-state index contributed by atoms with van der Waals surface area (Å²) in [6.45, 7) is 5.32. The van der Waals surface area contributed by atoms with E-state index in [2.05, 4.69) is 14.1 Å². The van der Waals surface area contributed by atoms with Crippen molar-refractivity contribution in [2.45, 2.75) is 26.7 Å². The number of benzene rings is 1. The summed E-state index contributed by atoms with van der Waals surface area (Å²) in [5.41, 5.74) is 2.53. The van der Waals surface area contributed by atoms with E-state index < -0.39 is 17.9 Å². The number of aromatic nitrogens is 2. The third-order valence-corrected chi connectivity index (χ3v) is 4.87. The molecule has 1 aliphatic heterocycles. The van der Waals surface area contributed by atoms with Crippen LogP contribution in [-0.4, -0.2) is 40.2 Å². The van der Waals surface area contributed by atoms with Gasteiger partial charge in [-0.15, -0.1) is 0 Å². The van der Waals surface area contributed by atoms with E-state index in [1.165, 1.54) is 0 Å². The van der Waals surface area contributed by atoms with Gasteiger partial charge in [0.1, 0.15) is 11.0 Å². The van der Waals surface area contributed by atoms with Crippen LogP contribution in [-0.2, 0) is 23.9 Å². The molecule has 0 aliphatic carbocycles. The van der Waals surface area contributed by atoms with Crippen LogP contribution in [0.5, 0.6) is 0 Å². The Morgan fingerprint density at radius 1 is 1.14 bits per heavy atom. The molecule has 3 rings (SSSR count). The molecule has 1 atom stereocenters. The van der Waals surface area contributed by atoms with E-state index in [4.69, 9.17) is 9.47 Å². The molecule has 0 bridgehead atoms. The number of allylic oxidation sites excluding steroid dienone is 2. The van der Waals surface area contributed by atoms with Crippen LogP contribution in [0.25, 0.3) is 11.0 Å². The highest BCUT2D eigenvalue weighted by Gasteiger charge is 2.40. The maximum absolute atomic E-state index is 12.8. The highest BCUT2D eigenvalue weighted by molar-refractivity contribution is 7.00. The molecule has 28 heavy (non-hydrogen) atoms. The molecule has 1 aromatic carbocycles. The lowest BCUT2D eigenvalue weighted by molar-refractivity contribution is -0.139. The van der Waals surface area contributed by atoms with Crippen molar-refractivity contribution in [3.8, 4) is 0 Å². The lowest BCUT2D eigenvalue weighted by Gasteiger charge is -2.29. The second-order valence-electron chi connectivity index (χ2n) is 5.96. The summed E-state index contributed by atoms with van der Waals surface area (Å²) in [5, 5.41) is 2.84. The fourth-order valence-corrected chi connectivity index (χ4v) is 3.79. The summed E-state index contributed by atoms with van der Waals surface area (Å²) >= 11 is 1.03. The number of rotatable bonds is 6. The molecule has 9 heteroatoms. The van der Waals surface area contributed by atoms with Gasteiger partial charge in [0.15, 0.2) is 6.29 Å². The smallest absolute Gasteiger partial charge is 0.337 e. The van der Waals surface area contributed by atoms with Gasteiger partial charge in [-0.1, -0.05) is 12.1 Å². The molecule has 1 unspecified atom stereocenters. The van der Waals surface area contributed by atoms with Crippen molar-refractivity contribution < 1.29 is 23.9 Å². The van der Waals surface area contributed by atoms with Gasteiger partial charge in [0.2, 0.25) is 0 Å². The van der Waals surface area contributed by atoms with Crippen molar-refractivity contribution in [1.29, 1.82) is 0 Å². The van der Waals surface area contributed by atoms with Gasteiger partial charge in [0.25, 0.3) is 0 Å². The Kier molecular flexibility index (Phi) is 5.84. The highest BCUT2D eigenvalue weighted by atomic mass is 32.1. The number of nitrogens with one attached hydrogen (secondary N) is 1. The first-order chi connectivity index (χ1) is 13.5. The number of hydrogen-bond donors (Lipinski definition) is 1. The molecule has 0 radical (unpaired) electrons. The number of fused-ring (bicyclic) bond motifs is 1. The Bertz CT molecular complexity index is 1010. The van der Waals surface area contributed by atoms with E-state index in [9.17, 15) is 14.4 Å². The molecule has 8 nitrogen and oxygen atoms in total. The van der Waals surface area contributed by atoms with Gasteiger partial charge in [-0.25, -0.2) is 9.59 Å². The Morgan fingerprint density at radius 2 is 1.82 bits per heavy atom. The quantitative estimate of drug-likeness (QED) is 0.580. The predicted molar refractivity (Wildman–Crippen MR) is 102 cm³/mol. The highest BCUT2D eigenvalue weighted by Crippen LogP contribution is 2.41. The van der Waals surface area contributed by atoms with Crippen molar-refractivity contribution in [1.82, 2.24) is 14.1 Å². The molecule has 2 heterocycles. The minimum absolute atomic E-state index is 0.0472. The maximum Gasteiger partial charge on any atom is 0.337 e. The summed E-state index contributed by atoms with van der Waals surface area (Å²) in [4.78, 5) is 37.3. The van der Waals surface area contributed by atoms with Crippen molar-refractivity contribution >= 4 is 41.0 Å². The second-order valence-corrected chi connectivity index (χ2v) is 6.49. The van der Waals surface area contributed by atoms with Gasteiger partial charge in [-0.05, 0) is 32.4 Å². The zero-order valence-electron chi connectivity index (χ0n) is 15.6. The Hall–Kier alpha value is -3.07. The van der Waals surface area contributed by atoms with Crippen molar-refractivity contribution in [2.75, 3.05) is 13.2 Å². The minimum Gasteiger partial charge on any atom is -0.463 e. The number of dihydropyridines is 1. The first-order valence-electron chi connectivity index (χ1n) is 8.75. The number of nitrogens with zero attached hydrogens (tertiary/aromatic N) is 2. The van der Waals surface area contributed by atoms with Gasteiger partial charge in [0, 0.05) is 5.70 Å². The number of esters is 2. The summed E-state index contributed by atoms with van der Waals surface area (Å²) in [6.07, 6.45) is 0.546. The molecule has 0 spiro atoms. The normalized spacial score (nSPS) is 16.8. The van der Waals surface area contributed by atoms with Gasteiger partial charge in [-0.2, -0.15) is 8.75 Å². The fourth-order valence-electron chi connectivity index (χ4n) is 3.23. The van der Waals surface area contributed by atoms with Crippen LogP contribution in [0.4, 0.5) is 0 Å². The minimum atomic E-state index is -0.868. The zero-order valence-corrected chi connectivity index (χ0v) is 16.5. The number of ether oxygens (including phenoxy) is 2. The topological polar surface area (TPSA) is 107 Å². The largest absolute Gasteiger partial charge is 0.463 e. The molecule has 1 aliphatic rings. The van der Waals surface area contributed by atoms with Crippen LogP contribution in [0.3, 0.4) is 0 Å². The maximum atomic E-state index is 12.8. The molecule has 1 N–H and O–H groups in total. The van der Waals surface area contributed by atoms with Crippen molar-refractivity contribution in [2.24, 2.45) is 0 Å². The molecule has 0 fully saturated rings. The zero-order chi connectivity index (χ0) is 20.3. The van der Waals surface area contributed by atoms with Crippen molar-refractivity contribution in [3.63, 3.8) is 0 Å². The van der Waals surface area contributed by atoms with Crippen LogP contribution in [0.2, 0.25) is 0 Å². The van der Waals surface area contributed by atoms with E-state index in [1.807, 2.05) is 0 Å². The summed E-state index contributed by atoms with van der Waals surface area (Å²) in [7, 11) is 0. The molecule has 2 aromatic rings. The average Bonchev–Trinajstić information content (AvgIpc) is 3.16. The molecule has 0 saturated heterocycles. The number of carbonyl (C=O) groups excluding carboxylic acids is 3. The lowest BCUT2D eigenvalue weighted by Crippen LogP contribution is -2.34. The molecular weight excluding hydrogens is 382 g/mol. The second kappa shape index (κ2) is 8.30. The lowest BCUT2D eigenvalue weighted by atomic mass is 9.80. The summed E-state index contributed by atoms with van der Waals surface area (Å²) in [5.74, 6) is -2.13. The average molecular weight is 401 g/mol. The summed E-state index contributed by atoms with van der Waals surface area (Å²) < 4.78 is 18.9. The Balaban J connectivity index is 2.29. The first-order valence-corrected chi connectivity index (χ1v) is 9.49. The monoisotopic (exact) mass is 401 g/mol. The number of carbonyl (C=O) groups is 3. The third kappa shape index (κ3) is 3.40. The predicted octanol–water partition coefficient (Wildman–Crippen LogP) is 2.23. The van der Waals surface area contributed by atoms with Crippen LogP contribution >= 0.6 is 11.7 Å². The Labute approximate surface area is 165 Å². The molecular formula is C19H19N3O5S. The van der Waals surface area contributed by atoms with Gasteiger partial charge >= 0.3 is 11.9 Å². The van der Waals surface area contributed by atoms with E-state index in [0.717, 1.165) is 11.7 Å². The number of aldehydes is 1. The van der Waals surface area contributed by atoms with Gasteiger partial charge in [-0.3, -0.25) is 4.79 Å². The first kappa shape index (κ1) is 19.7. The van der Waals surface area contributed by atoms with Crippen molar-refractivity contribution in [3.05, 3.63) is 46.3 Å². The van der Waals surface area contributed by atoms with Gasteiger partial charge in [0.05, 0.1) is 47.7 Å². The summed E-state index contributed by atoms with van der Waals surface area (Å²) in [6, 6.07) is 5.31. The SMILES string of the molecule is CCOC(=O)C1=C(C)NC(C=O)=C(C(=O)OCC)C1c1cccc2nsnc12. The van der Waals surface area contributed by atoms with Gasteiger partial charge < -0.3 is 14.8 Å². The van der Waals surface area contributed by atoms with Crippen LogP contribution in [0.1, 0.15) is 32.3 Å². The fraction of sp³-hybridized carbons (Fsp3) is 0.316. The molecule has 1 aromatic heterocycles.